The van der Waals surface area contributed by atoms with Gasteiger partial charge in [0.1, 0.15) is 11.3 Å². The second-order valence-corrected chi connectivity index (χ2v) is 8.25. The summed E-state index contributed by atoms with van der Waals surface area (Å²) in [6.45, 7) is 1.86. The molecule has 2 aromatic heterocycles. The van der Waals surface area contributed by atoms with Gasteiger partial charge in [-0.25, -0.2) is 4.98 Å². The van der Waals surface area contributed by atoms with Crippen LogP contribution in [-0.2, 0) is 4.79 Å². The zero-order valence-corrected chi connectivity index (χ0v) is 15.9. The van der Waals surface area contributed by atoms with E-state index in [4.69, 9.17) is 4.74 Å². The molecule has 134 valence electrons. The lowest BCUT2D eigenvalue weighted by Gasteiger charge is -2.00. The van der Waals surface area contributed by atoms with Crippen molar-refractivity contribution in [3.8, 4) is 5.75 Å². The number of para-hydroxylation sites is 1. The molecule has 0 aliphatic heterocycles. The molecule has 8 heteroatoms. The molecule has 3 aromatic rings. The number of hydrogen-bond donors (Lipinski definition) is 2. The lowest BCUT2D eigenvalue weighted by atomic mass is 10.3. The Labute approximate surface area is 158 Å². The summed E-state index contributed by atoms with van der Waals surface area (Å²) < 4.78 is 6.25. The summed E-state index contributed by atoms with van der Waals surface area (Å²) in [5, 5.41) is 6.97. The molecule has 0 radical (unpaired) electrons. The van der Waals surface area contributed by atoms with E-state index in [0.29, 0.717) is 20.8 Å². The Morgan fingerprint density at radius 3 is 2.77 bits per heavy atom. The van der Waals surface area contributed by atoms with Crippen LogP contribution in [0.25, 0.3) is 10.2 Å². The van der Waals surface area contributed by atoms with Crippen LogP contribution < -0.4 is 15.4 Å². The van der Waals surface area contributed by atoms with E-state index in [1.54, 1.807) is 7.11 Å². The van der Waals surface area contributed by atoms with Crippen LogP contribution >= 0.6 is 22.7 Å². The third-order valence-electron chi connectivity index (χ3n) is 4.14. The van der Waals surface area contributed by atoms with Crippen molar-refractivity contribution in [1.82, 2.24) is 4.98 Å². The van der Waals surface area contributed by atoms with E-state index in [1.165, 1.54) is 22.7 Å². The zero-order valence-electron chi connectivity index (χ0n) is 14.3. The summed E-state index contributed by atoms with van der Waals surface area (Å²) in [7, 11) is 1.60. The van der Waals surface area contributed by atoms with Crippen molar-refractivity contribution in [2.45, 2.75) is 19.8 Å². The first kappa shape index (κ1) is 17.0. The molecule has 1 aromatic carbocycles. The van der Waals surface area contributed by atoms with Crippen LogP contribution in [0.4, 0.5) is 10.1 Å². The van der Waals surface area contributed by atoms with Crippen molar-refractivity contribution in [3.05, 3.63) is 34.7 Å². The highest BCUT2D eigenvalue weighted by Crippen LogP contribution is 2.35. The Morgan fingerprint density at radius 2 is 2.04 bits per heavy atom. The Morgan fingerprint density at radius 1 is 1.23 bits per heavy atom. The molecule has 0 unspecified atom stereocenters. The molecule has 0 bridgehead atoms. The minimum absolute atomic E-state index is 0.0384. The van der Waals surface area contributed by atoms with E-state index in [0.717, 1.165) is 28.6 Å². The van der Waals surface area contributed by atoms with Crippen molar-refractivity contribution in [2.24, 2.45) is 5.92 Å². The quantitative estimate of drug-likeness (QED) is 0.685. The fraction of sp³-hybridized carbons (Fsp3) is 0.278. The number of methoxy groups -OCH3 is 1. The SMILES string of the molecule is COc1cccc2sc(NC(=O)c3sc(NC(=O)C4CC4)cc3C)nc12. The highest BCUT2D eigenvalue weighted by molar-refractivity contribution is 7.22. The number of nitrogens with zero attached hydrogens (tertiary/aromatic N) is 1. The van der Waals surface area contributed by atoms with Crippen LogP contribution in [-0.4, -0.2) is 23.9 Å². The number of amides is 2. The number of benzene rings is 1. The van der Waals surface area contributed by atoms with E-state index < -0.39 is 0 Å². The number of carbonyl (C=O) groups is 2. The number of hydrogen-bond acceptors (Lipinski definition) is 6. The standard InChI is InChI=1S/C18H17N3O3S2/c1-9-8-13(19-16(22)10-6-7-10)26-15(9)17(23)21-18-20-14-11(24-2)4-3-5-12(14)25-18/h3-5,8,10H,6-7H2,1-2H3,(H,19,22)(H,20,21,23). The molecule has 0 atom stereocenters. The third-order valence-corrected chi connectivity index (χ3v) is 6.23. The Balaban J connectivity index is 1.53. The highest BCUT2D eigenvalue weighted by atomic mass is 32.1. The number of aryl methyl sites for hydroxylation is 1. The summed E-state index contributed by atoms with van der Waals surface area (Å²) >= 11 is 2.68. The summed E-state index contributed by atoms with van der Waals surface area (Å²) in [6.07, 6.45) is 1.90. The van der Waals surface area contributed by atoms with Gasteiger partial charge in [0.25, 0.3) is 5.91 Å². The Hall–Kier alpha value is -2.45. The molecule has 6 nitrogen and oxygen atoms in total. The van der Waals surface area contributed by atoms with E-state index in [2.05, 4.69) is 15.6 Å². The largest absolute Gasteiger partial charge is 0.494 e. The first-order valence-corrected chi connectivity index (χ1v) is 9.84. The molecular formula is C18H17N3O3S2. The Kier molecular flexibility index (Phi) is 4.37. The molecule has 1 aliphatic carbocycles. The van der Waals surface area contributed by atoms with Crippen LogP contribution in [0.15, 0.2) is 24.3 Å². The lowest BCUT2D eigenvalue weighted by Crippen LogP contribution is -2.12. The van der Waals surface area contributed by atoms with E-state index in [1.807, 2.05) is 31.2 Å². The predicted molar refractivity (Wildman–Crippen MR) is 105 cm³/mol. The maximum Gasteiger partial charge on any atom is 0.267 e. The topological polar surface area (TPSA) is 80.3 Å². The van der Waals surface area contributed by atoms with Crippen LogP contribution in [0.2, 0.25) is 0 Å². The minimum atomic E-state index is -0.225. The van der Waals surface area contributed by atoms with Crippen LogP contribution in [0, 0.1) is 12.8 Å². The molecule has 1 fully saturated rings. The smallest absolute Gasteiger partial charge is 0.267 e. The average molecular weight is 387 g/mol. The first-order chi connectivity index (χ1) is 12.5. The summed E-state index contributed by atoms with van der Waals surface area (Å²) in [5.74, 6) is 0.623. The van der Waals surface area contributed by atoms with Crippen molar-refractivity contribution in [1.29, 1.82) is 0 Å². The van der Waals surface area contributed by atoms with Gasteiger partial charge in [-0.05, 0) is 43.5 Å². The summed E-state index contributed by atoms with van der Waals surface area (Å²) in [4.78, 5) is 29.6. The number of rotatable bonds is 5. The van der Waals surface area contributed by atoms with Gasteiger partial charge >= 0.3 is 0 Å². The number of anilines is 2. The van der Waals surface area contributed by atoms with Gasteiger partial charge in [-0.1, -0.05) is 17.4 Å². The molecule has 2 amide bonds. The lowest BCUT2D eigenvalue weighted by molar-refractivity contribution is -0.117. The van der Waals surface area contributed by atoms with Gasteiger partial charge in [-0.15, -0.1) is 11.3 Å². The fourth-order valence-electron chi connectivity index (χ4n) is 2.63. The third kappa shape index (κ3) is 3.30. The van der Waals surface area contributed by atoms with Gasteiger partial charge < -0.3 is 10.1 Å². The Bertz CT molecular complexity index is 1000. The summed E-state index contributed by atoms with van der Waals surface area (Å²) in [6, 6.07) is 7.50. The van der Waals surface area contributed by atoms with Gasteiger partial charge in [-0.2, -0.15) is 0 Å². The second-order valence-electron chi connectivity index (χ2n) is 6.17. The second kappa shape index (κ2) is 6.69. The molecule has 0 saturated heterocycles. The number of aromatic nitrogens is 1. The van der Waals surface area contributed by atoms with Gasteiger partial charge in [0.15, 0.2) is 5.13 Å². The van der Waals surface area contributed by atoms with E-state index in [-0.39, 0.29) is 17.7 Å². The molecule has 4 rings (SSSR count). The van der Waals surface area contributed by atoms with Gasteiger partial charge in [0.05, 0.1) is 21.7 Å². The van der Waals surface area contributed by atoms with Crippen LogP contribution in [0.1, 0.15) is 28.1 Å². The monoisotopic (exact) mass is 387 g/mol. The first-order valence-electron chi connectivity index (χ1n) is 8.21. The molecule has 2 heterocycles. The highest BCUT2D eigenvalue weighted by Gasteiger charge is 2.30. The van der Waals surface area contributed by atoms with Crippen molar-refractivity contribution in [3.63, 3.8) is 0 Å². The van der Waals surface area contributed by atoms with Crippen molar-refractivity contribution >= 4 is 54.8 Å². The van der Waals surface area contributed by atoms with Gasteiger partial charge in [0.2, 0.25) is 5.91 Å². The summed E-state index contributed by atoms with van der Waals surface area (Å²) in [5.41, 5.74) is 1.56. The number of fused-ring (bicyclic) bond motifs is 1. The normalized spacial score (nSPS) is 13.6. The zero-order chi connectivity index (χ0) is 18.3. The van der Waals surface area contributed by atoms with E-state index in [9.17, 15) is 9.59 Å². The number of thiophene rings is 1. The van der Waals surface area contributed by atoms with Gasteiger partial charge in [-0.3, -0.25) is 14.9 Å². The van der Waals surface area contributed by atoms with E-state index >= 15 is 0 Å². The molecule has 2 N–H and O–H groups in total. The minimum Gasteiger partial charge on any atom is -0.494 e. The molecule has 1 aliphatic rings. The van der Waals surface area contributed by atoms with Crippen molar-refractivity contribution in [2.75, 3.05) is 17.7 Å². The average Bonchev–Trinajstić information content (AvgIpc) is 3.29. The number of ether oxygens (including phenoxy) is 1. The van der Waals surface area contributed by atoms with Crippen LogP contribution in [0.5, 0.6) is 5.75 Å². The molecule has 0 spiro atoms. The number of nitrogens with one attached hydrogen (secondary N) is 2. The molecule has 1 saturated carbocycles. The van der Waals surface area contributed by atoms with Crippen molar-refractivity contribution < 1.29 is 14.3 Å². The van der Waals surface area contributed by atoms with Gasteiger partial charge in [0, 0.05) is 5.92 Å². The van der Waals surface area contributed by atoms with Crippen LogP contribution in [0.3, 0.4) is 0 Å². The molecular weight excluding hydrogens is 370 g/mol. The fourth-order valence-corrected chi connectivity index (χ4v) is 4.48. The predicted octanol–water partition coefficient (Wildman–Crippen LogP) is 4.28. The maximum atomic E-state index is 12.6. The number of thiazole rings is 1. The number of carbonyl (C=O) groups excluding carboxylic acids is 2. The molecule has 26 heavy (non-hydrogen) atoms. The maximum absolute atomic E-state index is 12.6.